The first-order chi connectivity index (χ1) is 14.0. The molecule has 3 rings (SSSR count). The third kappa shape index (κ3) is 5.08. The Balaban J connectivity index is 1.76. The van der Waals surface area contributed by atoms with Crippen molar-refractivity contribution in [3.8, 4) is 23.0 Å². The second-order valence-corrected chi connectivity index (χ2v) is 6.77. The molecule has 1 N–H and O–H groups in total. The molecule has 1 atom stereocenters. The van der Waals surface area contributed by atoms with Crippen molar-refractivity contribution in [2.24, 2.45) is 0 Å². The molecule has 150 valence electrons. The van der Waals surface area contributed by atoms with E-state index in [-0.39, 0.29) is 0 Å². The van der Waals surface area contributed by atoms with Crippen LogP contribution in [0.15, 0.2) is 66.7 Å². The molecule has 0 fully saturated rings. The van der Waals surface area contributed by atoms with Gasteiger partial charge in [-0.05, 0) is 66.4 Å². The normalized spacial score (nSPS) is 11.6. The monoisotopic (exact) mass is 392 g/mol. The van der Waals surface area contributed by atoms with Gasteiger partial charge in [-0.1, -0.05) is 30.3 Å². The van der Waals surface area contributed by atoms with E-state index in [0.717, 1.165) is 16.9 Å². The zero-order valence-corrected chi connectivity index (χ0v) is 16.7. The Kier molecular flexibility index (Phi) is 6.39. The van der Waals surface area contributed by atoms with Gasteiger partial charge in [0.15, 0.2) is 11.5 Å². The third-order valence-corrected chi connectivity index (χ3v) is 4.70. The summed E-state index contributed by atoms with van der Waals surface area (Å²) in [6, 6.07) is 20.5. The Hall–Kier alpha value is -3.47. The summed E-state index contributed by atoms with van der Waals surface area (Å²) in [7, 11) is 3.08. The zero-order chi connectivity index (χ0) is 20.8. The van der Waals surface area contributed by atoms with Crippen LogP contribution in [-0.2, 0) is 11.2 Å². The van der Waals surface area contributed by atoms with E-state index in [1.54, 1.807) is 25.3 Å². The second-order valence-electron chi connectivity index (χ2n) is 6.77. The maximum absolute atomic E-state index is 11.9. The van der Waals surface area contributed by atoms with Gasteiger partial charge in [-0.3, -0.25) is 4.79 Å². The smallest absolute Gasteiger partial charge is 0.311 e. The summed E-state index contributed by atoms with van der Waals surface area (Å²) in [4.78, 5) is 11.9. The molecule has 0 saturated carbocycles. The largest absolute Gasteiger partial charge is 0.493 e. The number of hydrogen-bond acceptors (Lipinski definition) is 4. The third-order valence-electron chi connectivity index (χ3n) is 4.70. The predicted molar refractivity (Wildman–Crippen MR) is 111 cm³/mol. The minimum absolute atomic E-state index is 0.357. The molecule has 5 nitrogen and oxygen atoms in total. The molecular weight excluding hydrogens is 368 g/mol. The number of carbonyl (C=O) groups is 1. The van der Waals surface area contributed by atoms with Gasteiger partial charge in [0.2, 0.25) is 0 Å². The van der Waals surface area contributed by atoms with Gasteiger partial charge in [0, 0.05) is 0 Å². The van der Waals surface area contributed by atoms with Crippen LogP contribution in [0.1, 0.15) is 22.6 Å². The van der Waals surface area contributed by atoms with E-state index in [9.17, 15) is 9.90 Å². The van der Waals surface area contributed by atoms with E-state index < -0.39 is 11.9 Å². The lowest BCUT2D eigenvalue weighted by Gasteiger charge is -2.16. The summed E-state index contributed by atoms with van der Waals surface area (Å²) in [6.45, 7) is 2.01. The van der Waals surface area contributed by atoms with Gasteiger partial charge in [0.1, 0.15) is 11.5 Å². The lowest BCUT2D eigenvalue weighted by Crippen LogP contribution is -2.14. The Morgan fingerprint density at radius 1 is 0.897 bits per heavy atom. The van der Waals surface area contributed by atoms with E-state index >= 15 is 0 Å². The summed E-state index contributed by atoms with van der Waals surface area (Å²) >= 11 is 0. The van der Waals surface area contributed by atoms with Crippen LogP contribution in [-0.4, -0.2) is 25.3 Å². The number of rotatable bonds is 8. The fourth-order valence-corrected chi connectivity index (χ4v) is 3.16. The Labute approximate surface area is 170 Å². The van der Waals surface area contributed by atoms with Crippen molar-refractivity contribution in [3.63, 3.8) is 0 Å². The molecule has 0 amide bonds. The highest BCUT2D eigenvalue weighted by Gasteiger charge is 2.22. The molecule has 0 heterocycles. The second kappa shape index (κ2) is 9.15. The Morgan fingerprint density at radius 3 is 2.24 bits per heavy atom. The lowest BCUT2D eigenvalue weighted by atomic mass is 9.91. The number of carboxylic acids is 1. The quantitative estimate of drug-likeness (QED) is 0.570. The number of hydrogen-bond donors (Lipinski definition) is 1. The SMILES string of the molecule is COc1ccc(C(Cc2ccc(Oc3cccc(C)c3)cc2)C(=O)O)cc1OC. The molecule has 0 aliphatic heterocycles. The molecule has 0 bridgehead atoms. The van der Waals surface area contributed by atoms with Crippen LogP contribution in [0.4, 0.5) is 0 Å². The maximum atomic E-state index is 11.9. The molecule has 3 aromatic rings. The van der Waals surface area contributed by atoms with E-state index in [1.807, 2.05) is 55.5 Å². The van der Waals surface area contributed by atoms with Crippen molar-refractivity contribution in [1.29, 1.82) is 0 Å². The lowest BCUT2D eigenvalue weighted by molar-refractivity contribution is -0.138. The highest BCUT2D eigenvalue weighted by Crippen LogP contribution is 2.32. The molecule has 0 aliphatic rings. The number of aryl methyl sites for hydroxylation is 1. The summed E-state index contributed by atoms with van der Waals surface area (Å²) in [6.07, 6.45) is 0.357. The first-order valence-electron chi connectivity index (χ1n) is 9.28. The van der Waals surface area contributed by atoms with E-state index in [4.69, 9.17) is 14.2 Å². The molecular formula is C24H24O5. The number of carboxylic acid groups (broad SMARTS) is 1. The maximum Gasteiger partial charge on any atom is 0.311 e. The average Bonchev–Trinajstić information content (AvgIpc) is 2.72. The van der Waals surface area contributed by atoms with Crippen molar-refractivity contribution in [1.82, 2.24) is 0 Å². The predicted octanol–water partition coefficient (Wildman–Crippen LogP) is 5.22. The fraction of sp³-hybridized carbons (Fsp3) is 0.208. The highest BCUT2D eigenvalue weighted by atomic mass is 16.5. The van der Waals surface area contributed by atoms with Crippen molar-refractivity contribution >= 4 is 5.97 Å². The van der Waals surface area contributed by atoms with Crippen LogP contribution in [0.5, 0.6) is 23.0 Å². The van der Waals surface area contributed by atoms with Crippen molar-refractivity contribution in [2.45, 2.75) is 19.3 Å². The molecule has 0 saturated heterocycles. The first-order valence-corrected chi connectivity index (χ1v) is 9.28. The van der Waals surface area contributed by atoms with Crippen LogP contribution in [0.25, 0.3) is 0 Å². The van der Waals surface area contributed by atoms with Gasteiger partial charge in [0.25, 0.3) is 0 Å². The molecule has 29 heavy (non-hydrogen) atoms. The number of benzene rings is 3. The first kappa shape index (κ1) is 20.3. The van der Waals surface area contributed by atoms with E-state index in [1.165, 1.54) is 7.11 Å². The van der Waals surface area contributed by atoms with Crippen LogP contribution in [0, 0.1) is 6.92 Å². The fourth-order valence-electron chi connectivity index (χ4n) is 3.16. The topological polar surface area (TPSA) is 65.0 Å². The summed E-state index contributed by atoms with van der Waals surface area (Å²) in [5.41, 5.74) is 2.69. The standard InChI is InChI=1S/C24H24O5/c1-16-5-4-6-20(13-16)29-19-10-7-17(8-11-19)14-21(24(25)26)18-9-12-22(27-2)23(15-18)28-3/h4-13,15,21H,14H2,1-3H3,(H,25,26). The van der Waals surface area contributed by atoms with Crippen LogP contribution in [0.3, 0.4) is 0 Å². The summed E-state index contributed by atoms with van der Waals surface area (Å²) in [5.74, 6) is 0.968. The van der Waals surface area contributed by atoms with Crippen molar-refractivity contribution < 1.29 is 24.1 Å². The van der Waals surface area contributed by atoms with E-state index in [2.05, 4.69) is 0 Å². The van der Waals surface area contributed by atoms with Gasteiger partial charge >= 0.3 is 5.97 Å². The molecule has 3 aromatic carbocycles. The van der Waals surface area contributed by atoms with Gasteiger partial charge in [0.05, 0.1) is 20.1 Å². The van der Waals surface area contributed by atoms with Crippen molar-refractivity contribution in [2.75, 3.05) is 14.2 Å². The zero-order valence-electron chi connectivity index (χ0n) is 16.7. The Bertz CT molecular complexity index is 979. The van der Waals surface area contributed by atoms with E-state index in [0.29, 0.717) is 29.2 Å². The van der Waals surface area contributed by atoms with Crippen LogP contribution >= 0.6 is 0 Å². The molecule has 1 unspecified atom stereocenters. The van der Waals surface area contributed by atoms with Crippen molar-refractivity contribution in [3.05, 3.63) is 83.4 Å². The average molecular weight is 392 g/mol. The van der Waals surface area contributed by atoms with Gasteiger partial charge < -0.3 is 19.3 Å². The Morgan fingerprint density at radius 2 is 1.62 bits per heavy atom. The molecule has 5 heteroatoms. The molecule has 0 aromatic heterocycles. The van der Waals surface area contributed by atoms with Gasteiger partial charge in [-0.2, -0.15) is 0 Å². The summed E-state index contributed by atoms with van der Waals surface area (Å²) < 4.78 is 16.4. The number of ether oxygens (including phenoxy) is 3. The van der Waals surface area contributed by atoms with Crippen LogP contribution < -0.4 is 14.2 Å². The van der Waals surface area contributed by atoms with Gasteiger partial charge in [-0.15, -0.1) is 0 Å². The number of aliphatic carboxylic acids is 1. The number of methoxy groups -OCH3 is 2. The van der Waals surface area contributed by atoms with Gasteiger partial charge in [-0.25, -0.2) is 0 Å². The van der Waals surface area contributed by atoms with Crippen LogP contribution in [0.2, 0.25) is 0 Å². The molecule has 0 spiro atoms. The summed E-state index contributed by atoms with van der Waals surface area (Å²) in [5, 5.41) is 9.76. The molecule has 0 radical (unpaired) electrons. The minimum Gasteiger partial charge on any atom is -0.493 e. The highest BCUT2D eigenvalue weighted by molar-refractivity contribution is 5.77. The molecule has 0 aliphatic carbocycles. The minimum atomic E-state index is -0.891.